The largest absolute Gasteiger partial charge is 0.497 e. The van der Waals surface area contributed by atoms with Crippen LogP contribution in [0.5, 0.6) is 5.75 Å². The minimum absolute atomic E-state index is 0.0387. The Bertz CT molecular complexity index is 728. The van der Waals surface area contributed by atoms with Crippen LogP contribution in [0.4, 0.5) is 16.2 Å². The highest BCUT2D eigenvalue weighted by Crippen LogP contribution is 2.20. The molecule has 0 aliphatic carbocycles. The Hall–Kier alpha value is -2.89. The Morgan fingerprint density at radius 2 is 1.71 bits per heavy atom. The van der Waals surface area contributed by atoms with Crippen LogP contribution < -0.4 is 19.9 Å². The first-order valence-electron chi connectivity index (χ1n) is 9.85. The summed E-state index contributed by atoms with van der Waals surface area (Å²) in [5.74, 6) is 0.861. The van der Waals surface area contributed by atoms with Crippen LogP contribution in [0, 0.1) is 0 Å². The molecule has 1 saturated heterocycles. The topological polar surface area (TPSA) is 48.1 Å². The maximum absolute atomic E-state index is 12.4. The molecule has 6 heteroatoms. The van der Waals surface area contributed by atoms with E-state index in [0.717, 1.165) is 44.9 Å². The van der Waals surface area contributed by atoms with Crippen LogP contribution in [0.15, 0.2) is 54.6 Å². The van der Waals surface area contributed by atoms with Gasteiger partial charge in [-0.3, -0.25) is 0 Å². The maximum Gasteiger partial charge on any atom is 0.317 e. The smallest absolute Gasteiger partial charge is 0.317 e. The van der Waals surface area contributed by atoms with Crippen molar-refractivity contribution in [2.24, 2.45) is 0 Å². The number of nitrogens with zero attached hydrogens (tertiary/aromatic N) is 3. The van der Waals surface area contributed by atoms with Gasteiger partial charge in [0.15, 0.2) is 0 Å². The van der Waals surface area contributed by atoms with Gasteiger partial charge in [0.2, 0.25) is 0 Å². The number of methoxy groups -OCH3 is 1. The predicted octanol–water partition coefficient (Wildman–Crippen LogP) is 3.05. The van der Waals surface area contributed by atoms with E-state index in [9.17, 15) is 4.79 Å². The molecule has 2 amide bonds. The van der Waals surface area contributed by atoms with Gasteiger partial charge in [-0.1, -0.05) is 18.2 Å². The summed E-state index contributed by atoms with van der Waals surface area (Å²) in [6, 6.07) is 18.4. The summed E-state index contributed by atoms with van der Waals surface area (Å²) in [6.45, 7) is 4.76. The number of urea groups is 1. The molecule has 1 fully saturated rings. The van der Waals surface area contributed by atoms with E-state index in [4.69, 9.17) is 4.74 Å². The zero-order valence-electron chi connectivity index (χ0n) is 16.8. The molecule has 1 N–H and O–H groups in total. The van der Waals surface area contributed by atoms with Crippen LogP contribution in [0.1, 0.15) is 6.42 Å². The van der Waals surface area contributed by atoms with Gasteiger partial charge in [-0.25, -0.2) is 4.79 Å². The normalized spacial score (nSPS) is 13.9. The summed E-state index contributed by atoms with van der Waals surface area (Å²) in [7, 11) is 3.75. The highest BCUT2D eigenvalue weighted by atomic mass is 16.5. The maximum atomic E-state index is 12.4. The van der Waals surface area contributed by atoms with Crippen molar-refractivity contribution in [3.05, 3.63) is 54.6 Å². The van der Waals surface area contributed by atoms with Crippen LogP contribution in [-0.4, -0.2) is 64.4 Å². The third kappa shape index (κ3) is 5.31. The van der Waals surface area contributed by atoms with E-state index in [1.165, 1.54) is 11.4 Å². The number of piperazine rings is 1. The van der Waals surface area contributed by atoms with E-state index in [0.29, 0.717) is 6.54 Å². The second-order valence-corrected chi connectivity index (χ2v) is 7.01. The first-order chi connectivity index (χ1) is 13.7. The number of rotatable bonds is 7. The molecule has 6 nitrogen and oxygen atoms in total. The highest BCUT2D eigenvalue weighted by molar-refractivity contribution is 5.74. The average molecular weight is 383 g/mol. The summed E-state index contributed by atoms with van der Waals surface area (Å²) in [4.78, 5) is 18.8. The number of nitrogens with one attached hydrogen (secondary N) is 1. The first kappa shape index (κ1) is 19.9. The fourth-order valence-electron chi connectivity index (χ4n) is 3.40. The number of ether oxygens (including phenoxy) is 1. The van der Waals surface area contributed by atoms with Crippen LogP contribution in [0.25, 0.3) is 0 Å². The van der Waals surface area contributed by atoms with Gasteiger partial charge < -0.3 is 24.8 Å². The molecule has 0 unspecified atom stereocenters. The fraction of sp³-hybridized carbons (Fsp3) is 0.409. The van der Waals surface area contributed by atoms with Crippen LogP contribution in [0.2, 0.25) is 0 Å². The van der Waals surface area contributed by atoms with Crippen molar-refractivity contribution in [2.45, 2.75) is 6.42 Å². The summed E-state index contributed by atoms with van der Waals surface area (Å²) in [5, 5.41) is 3.05. The van der Waals surface area contributed by atoms with Gasteiger partial charge >= 0.3 is 6.03 Å². The minimum Gasteiger partial charge on any atom is -0.497 e. The van der Waals surface area contributed by atoms with E-state index in [1.54, 1.807) is 7.11 Å². The predicted molar refractivity (Wildman–Crippen MR) is 115 cm³/mol. The molecule has 2 aromatic rings. The Kier molecular flexibility index (Phi) is 7.00. The van der Waals surface area contributed by atoms with Crippen molar-refractivity contribution in [2.75, 3.05) is 63.2 Å². The zero-order chi connectivity index (χ0) is 19.8. The summed E-state index contributed by atoms with van der Waals surface area (Å²) < 4.78 is 5.21. The first-order valence-corrected chi connectivity index (χ1v) is 9.85. The van der Waals surface area contributed by atoms with Crippen molar-refractivity contribution in [3.63, 3.8) is 0 Å². The van der Waals surface area contributed by atoms with Gasteiger partial charge in [-0.05, 0) is 42.8 Å². The number of hydrogen-bond acceptors (Lipinski definition) is 4. The van der Waals surface area contributed by atoms with Gasteiger partial charge in [0, 0.05) is 57.7 Å². The Balaban J connectivity index is 1.35. The fourth-order valence-corrected chi connectivity index (χ4v) is 3.40. The second-order valence-electron chi connectivity index (χ2n) is 7.01. The van der Waals surface area contributed by atoms with Crippen molar-refractivity contribution in [1.29, 1.82) is 0 Å². The molecule has 1 heterocycles. The Morgan fingerprint density at radius 1 is 1.04 bits per heavy atom. The molecule has 0 saturated carbocycles. The second kappa shape index (κ2) is 9.88. The van der Waals surface area contributed by atoms with Crippen LogP contribution in [0.3, 0.4) is 0 Å². The van der Waals surface area contributed by atoms with E-state index in [2.05, 4.69) is 46.4 Å². The molecule has 0 atom stereocenters. The third-order valence-electron chi connectivity index (χ3n) is 5.15. The molecule has 0 radical (unpaired) electrons. The van der Waals surface area contributed by atoms with Gasteiger partial charge in [0.25, 0.3) is 0 Å². The lowest BCUT2D eigenvalue weighted by atomic mass is 10.2. The van der Waals surface area contributed by atoms with Crippen molar-refractivity contribution in [1.82, 2.24) is 10.2 Å². The van der Waals surface area contributed by atoms with E-state index < -0.39 is 0 Å². The summed E-state index contributed by atoms with van der Waals surface area (Å²) in [6.07, 6.45) is 0.920. The van der Waals surface area contributed by atoms with E-state index in [1.807, 2.05) is 35.2 Å². The zero-order valence-corrected chi connectivity index (χ0v) is 16.8. The Labute approximate surface area is 167 Å². The van der Waals surface area contributed by atoms with Crippen molar-refractivity contribution >= 4 is 17.4 Å². The lowest BCUT2D eigenvalue weighted by molar-refractivity contribution is 0.194. The van der Waals surface area contributed by atoms with Gasteiger partial charge in [-0.2, -0.15) is 0 Å². The molecular weight excluding hydrogens is 352 g/mol. The number of benzene rings is 2. The lowest BCUT2D eigenvalue weighted by Gasteiger charge is -2.36. The number of amides is 2. The third-order valence-corrected chi connectivity index (χ3v) is 5.15. The van der Waals surface area contributed by atoms with Crippen molar-refractivity contribution in [3.8, 4) is 5.75 Å². The van der Waals surface area contributed by atoms with Gasteiger partial charge in [0.1, 0.15) is 5.75 Å². The molecule has 28 heavy (non-hydrogen) atoms. The average Bonchev–Trinajstić information content (AvgIpc) is 2.77. The standard InChI is InChI=1S/C22H30N4O2/c1-24(19-7-4-3-5-8-19)14-6-13-23-22(27)26-17-15-25(16-18-26)20-9-11-21(28-2)12-10-20/h3-5,7-12H,6,13-18H2,1-2H3,(H,23,27). The molecule has 1 aliphatic rings. The minimum atomic E-state index is 0.0387. The molecule has 0 aromatic heterocycles. The molecule has 150 valence electrons. The van der Waals surface area contributed by atoms with Gasteiger partial charge in [0.05, 0.1) is 7.11 Å². The van der Waals surface area contributed by atoms with Crippen LogP contribution >= 0.6 is 0 Å². The molecule has 1 aliphatic heterocycles. The number of para-hydroxylation sites is 1. The quantitative estimate of drug-likeness (QED) is 0.748. The molecular formula is C22H30N4O2. The summed E-state index contributed by atoms with van der Waals surface area (Å²) in [5.41, 5.74) is 2.37. The van der Waals surface area contributed by atoms with Crippen LogP contribution in [-0.2, 0) is 0 Å². The number of carbonyl (C=O) groups is 1. The number of hydrogen-bond donors (Lipinski definition) is 1. The molecule has 0 bridgehead atoms. The molecule has 3 rings (SSSR count). The van der Waals surface area contributed by atoms with E-state index >= 15 is 0 Å². The molecule has 2 aromatic carbocycles. The number of carbonyl (C=O) groups excluding carboxylic acids is 1. The highest BCUT2D eigenvalue weighted by Gasteiger charge is 2.21. The monoisotopic (exact) mass is 382 g/mol. The summed E-state index contributed by atoms with van der Waals surface area (Å²) >= 11 is 0. The molecule has 0 spiro atoms. The van der Waals surface area contributed by atoms with Gasteiger partial charge in [-0.15, -0.1) is 0 Å². The SMILES string of the molecule is COc1ccc(N2CCN(C(=O)NCCCN(C)c3ccccc3)CC2)cc1. The Morgan fingerprint density at radius 3 is 2.36 bits per heavy atom. The number of anilines is 2. The van der Waals surface area contributed by atoms with E-state index in [-0.39, 0.29) is 6.03 Å². The lowest BCUT2D eigenvalue weighted by Crippen LogP contribution is -2.52. The van der Waals surface area contributed by atoms with Crippen molar-refractivity contribution < 1.29 is 9.53 Å².